The maximum Gasteiger partial charge on any atom is 0.227 e. The third kappa shape index (κ3) is 2.80. The van der Waals surface area contributed by atoms with Crippen LogP contribution in [0.4, 0.5) is 5.69 Å². The van der Waals surface area contributed by atoms with Crippen molar-refractivity contribution in [2.24, 2.45) is 5.92 Å². The van der Waals surface area contributed by atoms with E-state index in [0.29, 0.717) is 6.42 Å². The number of hydrogen-bond donors (Lipinski definition) is 2. The molecule has 0 aliphatic heterocycles. The first-order chi connectivity index (χ1) is 7.29. The molecule has 3 heteroatoms. The number of benzene rings is 1. The van der Waals surface area contributed by atoms with Crippen LogP contribution in [0.3, 0.4) is 0 Å². The molecule has 1 aliphatic carbocycles. The molecule has 1 fully saturated rings. The van der Waals surface area contributed by atoms with Gasteiger partial charge in [0, 0.05) is 18.2 Å². The number of anilines is 1. The van der Waals surface area contributed by atoms with Crippen molar-refractivity contribution in [3.63, 3.8) is 0 Å². The molecule has 1 aliphatic rings. The second-order valence-electron chi connectivity index (χ2n) is 3.93. The fraction of sp³-hybridized carbons (Fsp3) is 0.417. The average Bonchev–Trinajstić information content (AvgIpc) is 3.04. The van der Waals surface area contributed by atoms with Gasteiger partial charge in [-0.1, -0.05) is 12.1 Å². The Morgan fingerprint density at radius 1 is 1.33 bits per heavy atom. The van der Waals surface area contributed by atoms with Crippen LogP contribution in [-0.2, 0) is 11.2 Å². The van der Waals surface area contributed by atoms with Gasteiger partial charge in [-0.05, 0) is 37.0 Å². The molecule has 0 atom stereocenters. The van der Waals surface area contributed by atoms with Gasteiger partial charge in [0.1, 0.15) is 0 Å². The molecule has 2 rings (SSSR count). The number of carbonyl (C=O) groups is 1. The van der Waals surface area contributed by atoms with Gasteiger partial charge in [-0.15, -0.1) is 0 Å². The zero-order valence-electron chi connectivity index (χ0n) is 8.57. The lowest BCUT2D eigenvalue weighted by Crippen LogP contribution is -2.13. The van der Waals surface area contributed by atoms with Gasteiger partial charge in [0.25, 0.3) is 0 Å². The van der Waals surface area contributed by atoms with Gasteiger partial charge < -0.3 is 10.4 Å². The Morgan fingerprint density at radius 2 is 2.00 bits per heavy atom. The van der Waals surface area contributed by atoms with Crippen LogP contribution in [0.1, 0.15) is 18.4 Å². The quantitative estimate of drug-likeness (QED) is 0.783. The third-order valence-electron chi connectivity index (χ3n) is 2.57. The lowest BCUT2D eigenvalue weighted by Gasteiger charge is -2.05. The van der Waals surface area contributed by atoms with E-state index in [4.69, 9.17) is 5.11 Å². The van der Waals surface area contributed by atoms with Crippen LogP contribution in [0.5, 0.6) is 0 Å². The second-order valence-corrected chi connectivity index (χ2v) is 3.93. The molecule has 0 saturated heterocycles. The van der Waals surface area contributed by atoms with Crippen LogP contribution >= 0.6 is 0 Å². The Balaban J connectivity index is 1.94. The summed E-state index contributed by atoms with van der Waals surface area (Å²) in [6, 6.07) is 7.62. The molecule has 0 heterocycles. The van der Waals surface area contributed by atoms with Gasteiger partial charge in [0.05, 0.1) is 0 Å². The predicted molar refractivity (Wildman–Crippen MR) is 58.6 cm³/mol. The van der Waals surface area contributed by atoms with Crippen molar-refractivity contribution in [1.82, 2.24) is 0 Å². The number of rotatable bonds is 4. The van der Waals surface area contributed by atoms with Crippen molar-refractivity contribution in [1.29, 1.82) is 0 Å². The van der Waals surface area contributed by atoms with Crippen molar-refractivity contribution < 1.29 is 9.90 Å². The van der Waals surface area contributed by atoms with E-state index in [2.05, 4.69) is 5.32 Å². The fourth-order valence-corrected chi connectivity index (χ4v) is 1.47. The molecular weight excluding hydrogens is 190 g/mol. The molecule has 0 bridgehead atoms. The zero-order chi connectivity index (χ0) is 10.7. The molecule has 15 heavy (non-hydrogen) atoms. The standard InChI is InChI=1S/C12H15NO2/c14-8-7-9-1-5-11(6-2-9)13-12(15)10-3-4-10/h1-2,5-6,10,14H,3-4,7-8H2,(H,13,15). The highest BCUT2D eigenvalue weighted by molar-refractivity contribution is 5.93. The van der Waals surface area contributed by atoms with E-state index in [9.17, 15) is 4.79 Å². The summed E-state index contributed by atoms with van der Waals surface area (Å²) in [7, 11) is 0. The van der Waals surface area contributed by atoms with E-state index >= 15 is 0 Å². The molecule has 0 aromatic heterocycles. The molecule has 1 amide bonds. The van der Waals surface area contributed by atoms with Crippen molar-refractivity contribution in [2.75, 3.05) is 11.9 Å². The second kappa shape index (κ2) is 4.45. The van der Waals surface area contributed by atoms with Gasteiger partial charge in [-0.3, -0.25) is 4.79 Å². The van der Waals surface area contributed by atoms with Gasteiger partial charge in [-0.2, -0.15) is 0 Å². The van der Waals surface area contributed by atoms with E-state index in [1.807, 2.05) is 24.3 Å². The summed E-state index contributed by atoms with van der Waals surface area (Å²) in [5.41, 5.74) is 1.93. The van der Waals surface area contributed by atoms with Crippen LogP contribution in [0.15, 0.2) is 24.3 Å². The monoisotopic (exact) mass is 205 g/mol. The summed E-state index contributed by atoms with van der Waals surface area (Å²) in [5.74, 6) is 0.368. The molecule has 1 aromatic rings. The number of aliphatic hydroxyl groups is 1. The Hall–Kier alpha value is -1.35. The van der Waals surface area contributed by atoms with E-state index < -0.39 is 0 Å². The third-order valence-corrected chi connectivity index (χ3v) is 2.57. The molecule has 80 valence electrons. The zero-order valence-corrected chi connectivity index (χ0v) is 8.57. The largest absolute Gasteiger partial charge is 0.396 e. The van der Waals surface area contributed by atoms with E-state index in [1.165, 1.54) is 0 Å². The number of carbonyl (C=O) groups excluding carboxylic acids is 1. The number of amides is 1. The lowest BCUT2D eigenvalue weighted by molar-refractivity contribution is -0.117. The van der Waals surface area contributed by atoms with E-state index in [0.717, 1.165) is 24.1 Å². The summed E-state index contributed by atoms with van der Waals surface area (Å²) < 4.78 is 0. The smallest absolute Gasteiger partial charge is 0.227 e. The van der Waals surface area contributed by atoms with Crippen LogP contribution < -0.4 is 5.32 Å². The van der Waals surface area contributed by atoms with Gasteiger partial charge in [-0.25, -0.2) is 0 Å². The first-order valence-electron chi connectivity index (χ1n) is 5.30. The molecule has 1 saturated carbocycles. The highest BCUT2D eigenvalue weighted by Crippen LogP contribution is 2.30. The summed E-state index contributed by atoms with van der Waals surface area (Å²) in [5, 5.41) is 11.6. The minimum Gasteiger partial charge on any atom is -0.396 e. The van der Waals surface area contributed by atoms with E-state index in [1.54, 1.807) is 0 Å². The maximum atomic E-state index is 11.4. The Kier molecular flexibility index (Phi) is 3.02. The summed E-state index contributed by atoms with van der Waals surface area (Å²) >= 11 is 0. The van der Waals surface area contributed by atoms with Gasteiger partial charge in [0.2, 0.25) is 5.91 Å². The van der Waals surface area contributed by atoms with Crippen LogP contribution in [0.2, 0.25) is 0 Å². The molecule has 0 unspecified atom stereocenters. The molecular formula is C12H15NO2. The maximum absolute atomic E-state index is 11.4. The topological polar surface area (TPSA) is 49.3 Å². The Labute approximate surface area is 89.1 Å². The van der Waals surface area contributed by atoms with Crippen LogP contribution in [-0.4, -0.2) is 17.6 Å². The molecule has 1 aromatic carbocycles. The molecule has 0 radical (unpaired) electrons. The first kappa shape index (κ1) is 10.2. The predicted octanol–water partition coefficient (Wildman–Crippen LogP) is 1.57. The van der Waals surface area contributed by atoms with Crippen LogP contribution in [0.25, 0.3) is 0 Å². The van der Waals surface area contributed by atoms with Crippen LogP contribution in [0, 0.1) is 5.92 Å². The van der Waals surface area contributed by atoms with Crippen molar-refractivity contribution in [3.05, 3.63) is 29.8 Å². The highest BCUT2D eigenvalue weighted by atomic mass is 16.2. The molecule has 2 N–H and O–H groups in total. The van der Waals surface area contributed by atoms with Crippen molar-refractivity contribution in [3.8, 4) is 0 Å². The molecule has 3 nitrogen and oxygen atoms in total. The van der Waals surface area contributed by atoms with Gasteiger partial charge in [0.15, 0.2) is 0 Å². The minimum absolute atomic E-state index is 0.130. The minimum atomic E-state index is 0.130. The summed E-state index contributed by atoms with van der Waals surface area (Å²) in [6.07, 6.45) is 2.71. The van der Waals surface area contributed by atoms with Crippen molar-refractivity contribution >= 4 is 11.6 Å². The highest BCUT2D eigenvalue weighted by Gasteiger charge is 2.29. The normalized spacial score (nSPS) is 15.0. The summed E-state index contributed by atoms with van der Waals surface area (Å²) in [4.78, 5) is 11.4. The number of nitrogens with one attached hydrogen (secondary N) is 1. The number of aliphatic hydroxyl groups excluding tert-OH is 1. The van der Waals surface area contributed by atoms with E-state index in [-0.39, 0.29) is 18.4 Å². The summed E-state index contributed by atoms with van der Waals surface area (Å²) in [6.45, 7) is 0.160. The lowest BCUT2D eigenvalue weighted by atomic mass is 10.1. The number of hydrogen-bond acceptors (Lipinski definition) is 2. The van der Waals surface area contributed by atoms with Crippen molar-refractivity contribution in [2.45, 2.75) is 19.3 Å². The fourth-order valence-electron chi connectivity index (χ4n) is 1.47. The first-order valence-corrected chi connectivity index (χ1v) is 5.30. The Bertz CT molecular complexity index is 341. The Morgan fingerprint density at radius 3 is 2.53 bits per heavy atom. The molecule has 0 spiro atoms. The van der Waals surface area contributed by atoms with Gasteiger partial charge >= 0.3 is 0 Å². The average molecular weight is 205 g/mol. The SMILES string of the molecule is O=C(Nc1ccc(CCO)cc1)C1CC1.